The van der Waals surface area contributed by atoms with Gasteiger partial charge >= 0.3 is 11.8 Å². The highest BCUT2D eigenvalue weighted by atomic mass is 16.2. The molecule has 0 aromatic heterocycles. The molecule has 0 unspecified atom stereocenters. The van der Waals surface area contributed by atoms with Crippen molar-refractivity contribution < 1.29 is 9.59 Å². The van der Waals surface area contributed by atoms with Gasteiger partial charge in [-0.15, -0.1) is 0 Å². The number of hydrogen-bond acceptors (Lipinski definition) is 2. The highest BCUT2D eigenvalue weighted by Gasteiger charge is 2.10. The number of likely N-dealkylation sites (N-methyl/N-ethyl adjacent to an activating group) is 1. The molecule has 0 saturated heterocycles. The Kier molecular flexibility index (Phi) is 3.85. The van der Waals surface area contributed by atoms with Gasteiger partial charge in [0.2, 0.25) is 0 Å². The van der Waals surface area contributed by atoms with Gasteiger partial charge in [0, 0.05) is 13.6 Å². The number of hydrogen-bond donors (Lipinski definition) is 2. The van der Waals surface area contributed by atoms with Gasteiger partial charge in [0.15, 0.2) is 0 Å². The summed E-state index contributed by atoms with van der Waals surface area (Å²) in [5.74, 6) is -1.23. The minimum Gasteiger partial charge on any atom is -0.351 e. The Balaban J connectivity index is 2.54. The minimum absolute atomic E-state index is 0.374. The van der Waals surface area contributed by atoms with Gasteiger partial charge in [-0.05, 0) is 18.1 Å². The summed E-state index contributed by atoms with van der Waals surface area (Å²) >= 11 is 0. The number of amides is 2. The fourth-order valence-corrected chi connectivity index (χ4v) is 1.18. The van der Waals surface area contributed by atoms with Crippen LogP contribution in [0.1, 0.15) is 11.1 Å². The molecule has 80 valence electrons. The number of carbonyl (C=O) groups excluding carboxylic acids is 2. The van der Waals surface area contributed by atoms with Crippen LogP contribution in [0, 0.1) is 6.92 Å². The van der Waals surface area contributed by atoms with Crippen molar-refractivity contribution in [3.63, 3.8) is 0 Å². The Labute approximate surface area is 88.7 Å². The van der Waals surface area contributed by atoms with Crippen molar-refractivity contribution in [1.29, 1.82) is 0 Å². The standard InChI is InChI=1S/C11H14N2O2/c1-8-5-3-4-6-9(8)7-13-11(15)10(14)12-2/h3-6H,7H2,1-2H3,(H,12,14)(H,13,15). The van der Waals surface area contributed by atoms with Gasteiger partial charge in [-0.1, -0.05) is 24.3 Å². The Morgan fingerprint density at radius 3 is 2.47 bits per heavy atom. The smallest absolute Gasteiger partial charge is 0.309 e. The van der Waals surface area contributed by atoms with E-state index in [-0.39, 0.29) is 0 Å². The van der Waals surface area contributed by atoms with Crippen molar-refractivity contribution in [2.45, 2.75) is 13.5 Å². The molecule has 2 amide bonds. The zero-order valence-electron chi connectivity index (χ0n) is 8.83. The fraction of sp³-hybridized carbons (Fsp3) is 0.273. The average Bonchev–Trinajstić information content (AvgIpc) is 2.26. The highest BCUT2D eigenvalue weighted by molar-refractivity contribution is 6.34. The van der Waals surface area contributed by atoms with E-state index in [0.29, 0.717) is 6.54 Å². The van der Waals surface area contributed by atoms with Gasteiger partial charge in [-0.25, -0.2) is 0 Å². The number of benzene rings is 1. The monoisotopic (exact) mass is 206 g/mol. The number of rotatable bonds is 2. The van der Waals surface area contributed by atoms with E-state index >= 15 is 0 Å². The molecular weight excluding hydrogens is 192 g/mol. The van der Waals surface area contributed by atoms with Crippen LogP contribution in [-0.4, -0.2) is 18.9 Å². The van der Waals surface area contributed by atoms with Crippen LogP contribution in [0.5, 0.6) is 0 Å². The maximum Gasteiger partial charge on any atom is 0.309 e. The predicted octanol–water partition coefficient (Wildman–Crippen LogP) is 0.357. The lowest BCUT2D eigenvalue weighted by Crippen LogP contribution is -2.37. The summed E-state index contributed by atoms with van der Waals surface area (Å²) in [5.41, 5.74) is 2.10. The first-order valence-corrected chi connectivity index (χ1v) is 4.69. The summed E-state index contributed by atoms with van der Waals surface area (Å²) in [4.78, 5) is 22.0. The van der Waals surface area contributed by atoms with E-state index < -0.39 is 11.8 Å². The van der Waals surface area contributed by atoms with E-state index in [2.05, 4.69) is 10.6 Å². The van der Waals surface area contributed by atoms with Crippen LogP contribution in [0.15, 0.2) is 24.3 Å². The SMILES string of the molecule is CNC(=O)C(=O)NCc1ccccc1C. The molecule has 0 bridgehead atoms. The quantitative estimate of drug-likeness (QED) is 0.686. The summed E-state index contributed by atoms with van der Waals surface area (Å²) in [5, 5.41) is 4.80. The van der Waals surface area contributed by atoms with Crippen molar-refractivity contribution in [2.24, 2.45) is 0 Å². The molecule has 4 heteroatoms. The van der Waals surface area contributed by atoms with Gasteiger partial charge < -0.3 is 10.6 Å². The molecule has 1 aromatic rings. The second-order valence-electron chi connectivity index (χ2n) is 3.19. The molecule has 0 heterocycles. The van der Waals surface area contributed by atoms with Crippen molar-refractivity contribution in [3.05, 3.63) is 35.4 Å². The first kappa shape index (κ1) is 11.2. The summed E-state index contributed by atoms with van der Waals surface area (Å²) in [6.45, 7) is 2.33. The van der Waals surface area contributed by atoms with Gasteiger partial charge in [-0.2, -0.15) is 0 Å². The molecule has 0 aliphatic heterocycles. The van der Waals surface area contributed by atoms with Crippen LogP contribution in [0.4, 0.5) is 0 Å². The third-order valence-corrected chi connectivity index (χ3v) is 2.13. The Morgan fingerprint density at radius 2 is 1.87 bits per heavy atom. The second-order valence-corrected chi connectivity index (χ2v) is 3.19. The molecule has 2 N–H and O–H groups in total. The molecule has 0 saturated carbocycles. The van der Waals surface area contributed by atoms with Crippen LogP contribution in [-0.2, 0) is 16.1 Å². The van der Waals surface area contributed by atoms with E-state index in [0.717, 1.165) is 11.1 Å². The number of nitrogens with one attached hydrogen (secondary N) is 2. The van der Waals surface area contributed by atoms with E-state index in [1.54, 1.807) is 0 Å². The van der Waals surface area contributed by atoms with Crippen molar-refractivity contribution in [3.8, 4) is 0 Å². The van der Waals surface area contributed by atoms with Crippen molar-refractivity contribution in [2.75, 3.05) is 7.05 Å². The lowest BCUT2D eigenvalue weighted by atomic mass is 10.1. The van der Waals surface area contributed by atoms with Crippen molar-refractivity contribution >= 4 is 11.8 Å². The van der Waals surface area contributed by atoms with Gasteiger partial charge in [-0.3, -0.25) is 9.59 Å². The Hall–Kier alpha value is -1.84. The molecule has 0 radical (unpaired) electrons. The Bertz CT molecular complexity index is 375. The van der Waals surface area contributed by atoms with Crippen LogP contribution >= 0.6 is 0 Å². The van der Waals surface area contributed by atoms with E-state index in [4.69, 9.17) is 0 Å². The number of carbonyl (C=O) groups is 2. The fourth-order valence-electron chi connectivity index (χ4n) is 1.18. The molecule has 1 aromatic carbocycles. The van der Waals surface area contributed by atoms with E-state index in [9.17, 15) is 9.59 Å². The predicted molar refractivity (Wildman–Crippen MR) is 57.1 cm³/mol. The van der Waals surface area contributed by atoms with Crippen LogP contribution in [0.3, 0.4) is 0 Å². The van der Waals surface area contributed by atoms with Gasteiger partial charge in [0.25, 0.3) is 0 Å². The first-order valence-electron chi connectivity index (χ1n) is 4.69. The van der Waals surface area contributed by atoms with Crippen molar-refractivity contribution in [1.82, 2.24) is 10.6 Å². The molecule has 0 fully saturated rings. The third kappa shape index (κ3) is 3.09. The normalized spacial score (nSPS) is 9.47. The Morgan fingerprint density at radius 1 is 1.20 bits per heavy atom. The molecule has 15 heavy (non-hydrogen) atoms. The topological polar surface area (TPSA) is 58.2 Å². The van der Waals surface area contributed by atoms with Crippen LogP contribution < -0.4 is 10.6 Å². The van der Waals surface area contributed by atoms with Gasteiger partial charge in [0.05, 0.1) is 0 Å². The molecule has 0 aliphatic rings. The summed E-state index contributed by atoms with van der Waals surface area (Å²) in [6.07, 6.45) is 0. The van der Waals surface area contributed by atoms with Gasteiger partial charge in [0.1, 0.15) is 0 Å². The lowest BCUT2D eigenvalue weighted by molar-refractivity contribution is -0.139. The zero-order valence-corrected chi connectivity index (χ0v) is 8.83. The summed E-state index contributed by atoms with van der Waals surface area (Å²) < 4.78 is 0. The first-order chi connectivity index (χ1) is 7.15. The lowest BCUT2D eigenvalue weighted by Gasteiger charge is -2.06. The summed E-state index contributed by atoms with van der Waals surface area (Å²) in [6, 6.07) is 7.70. The van der Waals surface area contributed by atoms with Crippen LogP contribution in [0.2, 0.25) is 0 Å². The largest absolute Gasteiger partial charge is 0.351 e. The van der Waals surface area contributed by atoms with E-state index in [1.165, 1.54) is 7.05 Å². The zero-order chi connectivity index (χ0) is 11.3. The summed E-state index contributed by atoms with van der Waals surface area (Å²) in [7, 11) is 1.43. The molecule has 0 atom stereocenters. The third-order valence-electron chi connectivity index (χ3n) is 2.13. The molecular formula is C11H14N2O2. The average molecular weight is 206 g/mol. The molecule has 0 aliphatic carbocycles. The molecule has 0 spiro atoms. The number of aryl methyl sites for hydroxylation is 1. The van der Waals surface area contributed by atoms with Crippen LogP contribution in [0.25, 0.3) is 0 Å². The minimum atomic E-state index is -0.622. The highest BCUT2D eigenvalue weighted by Crippen LogP contribution is 2.05. The second kappa shape index (κ2) is 5.14. The molecule has 1 rings (SSSR count). The maximum absolute atomic E-state index is 11.1. The van der Waals surface area contributed by atoms with E-state index in [1.807, 2.05) is 31.2 Å². The molecule has 4 nitrogen and oxygen atoms in total. The maximum atomic E-state index is 11.1.